The molecule has 2 rings (SSSR count). The third-order valence-corrected chi connectivity index (χ3v) is 3.72. The summed E-state index contributed by atoms with van der Waals surface area (Å²) in [6.07, 6.45) is 0.789. The van der Waals surface area contributed by atoms with E-state index in [1.54, 1.807) is 12.1 Å². The summed E-state index contributed by atoms with van der Waals surface area (Å²) in [5.74, 6) is -0.364. The molecule has 0 atom stereocenters. The van der Waals surface area contributed by atoms with Gasteiger partial charge in [0.25, 0.3) is 0 Å². The van der Waals surface area contributed by atoms with Gasteiger partial charge in [0.05, 0.1) is 10.6 Å². The molecule has 1 N–H and O–H groups in total. The van der Waals surface area contributed by atoms with Crippen molar-refractivity contribution in [1.29, 1.82) is 0 Å². The van der Waals surface area contributed by atoms with Crippen LogP contribution in [0.4, 0.5) is 4.39 Å². The van der Waals surface area contributed by atoms with Crippen LogP contribution < -0.4 is 5.32 Å². The highest BCUT2D eigenvalue weighted by Gasteiger charge is 2.14. The molecule has 0 amide bonds. The first-order valence-corrected chi connectivity index (χ1v) is 6.89. The molecule has 18 heavy (non-hydrogen) atoms. The number of aromatic nitrogens is 2. The summed E-state index contributed by atoms with van der Waals surface area (Å²) >= 11 is 7.36. The molecule has 6 heteroatoms. The van der Waals surface area contributed by atoms with Gasteiger partial charge in [0.1, 0.15) is 10.8 Å². The third kappa shape index (κ3) is 3.04. The summed E-state index contributed by atoms with van der Waals surface area (Å²) in [6, 6.07) is 4.61. The number of hydrogen-bond acceptors (Lipinski definition) is 4. The molecular formula is C12H13ClFN3S. The lowest BCUT2D eigenvalue weighted by molar-refractivity contribution is 0.631. The van der Waals surface area contributed by atoms with Crippen LogP contribution in [0, 0.1) is 5.82 Å². The summed E-state index contributed by atoms with van der Waals surface area (Å²) in [4.78, 5) is 0. The van der Waals surface area contributed by atoms with Crippen LogP contribution in [0.25, 0.3) is 10.6 Å². The highest BCUT2D eigenvalue weighted by atomic mass is 35.5. The second-order valence-electron chi connectivity index (χ2n) is 3.70. The third-order valence-electron chi connectivity index (χ3n) is 2.41. The molecule has 0 radical (unpaired) electrons. The number of halogens is 2. The van der Waals surface area contributed by atoms with Crippen molar-refractivity contribution in [3.05, 3.63) is 34.0 Å². The van der Waals surface area contributed by atoms with Gasteiger partial charge in [-0.05, 0) is 18.7 Å². The molecule has 3 nitrogen and oxygen atoms in total. The van der Waals surface area contributed by atoms with Gasteiger partial charge in [0, 0.05) is 13.0 Å². The van der Waals surface area contributed by atoms with E-state index in [1.807, 2.05) is 6.92 Å². The van der Waals surface area contributed by atoms with Crippen LogP contribution in [0.5, 0.6) is 0 Å². The van der Waals surface area contributed by atoms with Gasteiger partial charge in [-0.25, -0.2) is 4.39 Å². The molecule has 0 saturated carbocycles. The lowest BCUT2D eigenvalue weighted by Crippen LogP contribution is -2.15. The minimum absolute atomic E-state index is 0.339. The van der Waals surface area contributed by atoms with Crippen molar-refractivity contribution in [3.63, 3.8) is 0 Å². The summed E-state index contributed by atoms with van der Waals surface area (Å²) in [5.41, 5.74) is 0.339. The van der Waals surface area contributed by atoms with Crippen molar-refractivity contribution in [2.75, 3.05) is 13.1 Å². The predicted octanol–water partition coefficient (Wildman–Crippen LogP) is 3.15. The van der Waals surface area contributed by atoms with Crippen molar-refractivity contribution in [2.45, 2.75) is 13.3 Å². The Morgan fingerprint density at radius 1 is 1.39 bits per heavy atom. The fourth-order valence-electron chi connectivity index (χ4n) is 1.53. The van der Waals surface area contributed by atoms with Crippen LogP contribution in [0.15, 0.2) is 18.2 Å². The highest BCUT2D eigenvalue weighted by Crippen LogP contribution is 2.32. The molecule has 0 bridgehead atoms. The zero-order valence-electron chi connectivity index (χ0n) is 9.91. The minimum atomic E-state index is -0.364. The molecule has 2 aromatic rings. The van der Waals surface area contributed by atoms with Gasteiger partial charge < -0.3 is 5.32 Å². The number of rotatable bonds is 5. The first-order valence-electron chi connectivity index (χ1n) is 5.70. The maximum Gasteiger partial charge on any atom is 0.152 e. The Morgan fingerprint density at radius 2 is 2.22 bits per heavy atom. The van der Waals surface area contributed by atoms with E-state index in [4.69, 9.17) is 11.6 Å². The molecule has 1 aromatic heterocycles. The molecule has 1 heterocycles. The number of benzene rings is 1. The first kappa shape index (κ1) is 13.4. The van der Waals surface area contributed by atoms with E-state index in [0.717, 1.165) is 24.5 Å². The molecule has 0 fully saturated rings. The average Bonchev–Trinajstić information content (AvgIpc) is 2.78. The fourth-order valence-corrected chi connectivity index (χ4v) is 2.74. The van der Waals surface area contributed by atoms with Crippen molar-refractivity contribution < 1.29 is 4.39 Å². The second kappa shape index (κ2) is 6.22. The Hall–Kier alpha value is -1.04. The SMILES string of the molecule is CCNCCc1nnc(-c2c(F)cccc2Cl)s1. The van der Waals surface area contributed by atoms with E-state index in [0.29, 0.717) is 15.6 Å². The maximum absolute atomic E-state index is 13.7. The van der Waals surface area contributed by atoms with Gasteiger partial charge in [0.15, 0.2) is 5.01 Å². The summed E-state index contributed by atoms with van der Waals surface area (Å²) in [6.45, 7) is 3.81. The normalized spacial score (nSPS) is 10.8. The number of hydrogen-bond donors (Lipinski definition) is 1. The minimum Gasteiger partial charge on any atom is -0.317 e. The molecule has 0 saturated heterocycles. The van der Waals surface area contributed by atoms with E-state index < -0.39 is 0 Å². The van der Waals surface area contributed by atoms with Crippen molar-refractivity contribution in [2.24, 2.45) is 0 Å². The molecular weight excluding hydrogens is 273 g/mol. The zero-order chi connectivity index (χ0) is 13.0. The Kier molecular flexibility index (Phi) is 4.63. The Balaban J connectivity index is 2.19. The number of likely N-dealkylation sites (N-methyl/N-ethyl adjacent to an activating group) is 1. The molecule has 0 aliphatic carbocycles. The van der Waals surface area contributed by atoms with Gasteiger partial charge >= 0.3 is 0 Å². The van der Waals surface area contributed by atoms with Crippen LogP contribution in [0.1, 0.15) is 11.9 Å². The molecule has 0 aliphatic rings. The molecule has 0 aliphatic heterocycles. The summed E-state index contributed by atoms with van der Waals surface area (Å²) in [5, 5.41) is 13.0. The highest BCUT2D eigenvalue weighted by molar-refractivity contribution is 7.14. The van der Waals surface area contributed by atoms with Crippen molar-refractivity contribution in [3.8, 4) is 10.6 Å². The summed E-state index contributed by atoms with van der Waals surface area (Å²) in [7, 11) is 0. The molecule has 0 spiro atoms. The van der Waals surface area contributed by atoms with Crippen LogP contribution in [-0.2, 0) is 6.42 Å². The van der Waals surface area contributed by atoms with E-state index in [1.165, 1.54) is 17.4 Å². The topological polar surface area (TPSA) is 37.8 Å². The Labute approximate surface area is 114 Å². The zero-order valence-corrected chi connectivity index (χ0v) is 11.5. The Bertz CT molecular complexity index is 510. The largest absolute Gasteiger partial charge is 0.317 e. The number of nitrogens with one attached hydrogen (secondary N) is 1. The number of nitrogens with zero attached hydrogens (tertiary/aromatic N) is 2. The molecule has 96 valence electrons. The smallest absolute Gasteiger partial charge is 0.152 e. The first-order chi connectivity index (χ1) is 8.72. The van der Waals surface area contributed by atoms with Crippen molar-refractivity contribution in [1.82, 2.24) is 15.5 Å². The van der Waals surface area contributed by atoms with E-state index in [2.05, 4.69) is 15.5 Å². The lowest BCUT2D eigenvalue weighted by atomic mass is 10.2. The van der Waals surface area contributed by atoms with Gasteiger partial charge in [0.2, 0.25) is 0 Å². The van der Waals surface area contributed by atoms with Gasteiger partial charge in [-0.15, -0.1) is 10.2 Å². The van der Waals surface area contributed by atoms with Crippen LogP contribution in [-0.4, -0.2) is 23.3 Å². The lowest BCUT2D eigenvalue weighted by Gasteiger charge is -2.00. The molecule has 1 aromatic carbocycles. The van der Waals surface area contributed by atoms with Gasteiger partial charge in [-0.1, -0.05) is 35.9 Å². The maximum atomic E-state index is 13.7. The quantitative estimate of drug-likeness (QED) is 0.858. The van der Waals surface area contributed by atoms with Gasteiger partial charge in [-0.2, -0.15) is 0 Å². The van der Waals surface area contributed by atoms with Gasteiger partial charge in [-0.3, -0.25) is 0 Å². The van der Waals surface area contributed by atoms with Crippen LogP contribution >= 0.6 is 22.9 Å². The van der Waals surface area contributed by atoms with E-state index >= 15 is 0 Å². The predicted molar refractivity (Wildman–Crippen MR) is 72.6 cm³/mol. The van der Waals surface area contributed by atoms with Crippen LogP contribution in [0.3, 0.4) is 0 Å². The monoisotopic (exact) mass is 285 g/mol. The second-order valence-corrected chi connectivity index (χ2v) is 5.17. The summed E-state index contributed by atoms with van der Waals surface area (Å²) < 4.78 is 13.7. The molecule has 0 unspecified atom stereocenters. The van der Waals surface area contributed by atoms with Crippen molar-refractivity contribution >= 4 is 22.9 Å². The average molecular weight is 286 g/mol. The van der Waals surface area contributed by atoms with E-state index in [-0.39, 0.29) is 5.82 Å². The van der Waals surface area contributed by atoms with Crippen LogP contribution in [0.2, 0.25) is 5.02 Å². The fraction of sp³-hybridized carbons (Fsp3) is 0.333. The Morgan fingerprint density at radius 3 is 2.94 bits per heavy atom. The standard InChI is InChI=1S/C12H13ClFN3S/c1-2-15-7-6-10-16-17-12(18-10)11-8(13)4-3-5-9(11)14/h3-5,15H,2,6-7H2,1H3. The van der Waals surface area contributed by atoms with E-state index in [9.17, 15) is 4.39 Å².